The normalized spacial score (nSPS) is 15.0. The average molecular weight is 560 g/mol. The van der Waals surface area contributed by atoms with Gasteiger partial charge in [-0.2, -0.15) is 4.31 Å². The highest BCUT2D eigenvalue weighted by atomic mass is 32.2. The molecule has 0 atom stereocenters. The number of amides is 1. The Kier molecular flexibility index (Phi) is 8.49. The lowest BCUT2D eigenvalue weighted by molar-refractivity contribution is -0.114. The van der Waals surface area contributed by atoms with E-state index in [9.17, 15) is 26.0 Å². The molecule has 1 aliphatic rings. The van der Waals surface area contributed by atoms with Crippen LogP contribution >= 0.6 is 0 Å². The van der Waals surface area contributed by atoms with Gasteiger partial charge >= 0.3 is 0 Å². The highest BCUT2D eigenvalue weighted by Crippen LogP contribution is 2.25. The Bertz CT molecular complexity index is 1470. The SMILES string of the molecule is Cc1ccc(N(CC(=O)Nc2ccc(S(=O)(=O)N3CCCCCC3)cc2)S(=O)(=O)c2ccc(F)cc2)cc1. The van der Waals surface area contributed by atoms with Crippen LogP contribution in [0.3, 0.4) is 0 Å². The number of rotatable bonds is 8. The van der Waals surface area contributed by atoms with Gasteiger partial charge in [0.2, 0.25) is 15.9 Å². The van der Waals surface area contributed by atoms with Gasteiger partial charge in [0.05, 0.1) is 15.5 Å². The maximum Gasteiger partial charge on any atom is 0.264 e. The number of carbonyl (C=O) groups excluding carboxylic acids is 1. The minimum Gasteiger partial charge on any atom is -0.325 e. The van der Waals surface area contributed by atoms with E-state index in [1.165, 1.54) is 28.6 Å². The monoisotopic (exact) mass is 559 g/mol. The topological polar surface area (TPSA) is 104 Å². The van der Waals surface area contributed by atoms with Crippen LogP contribution < -0.4 is 9.62 Å². The summed E-state index contributed by atoms with van der Waals surface area (Å²) < 4.78 is 68.7. The van der Waals surface area contributed by atoms with Gasteiger partial charge in [-0.1, -0.05) is 30.5 Å². The van der Waals surface area contributed by atoms with Crippen molar-refractivity contribution in [3.63, 3.8) is 0 Å². The van der Waals surface area contributed by atoms with Gasteiger partial charge in [0.1, 0.15) is 12.4 Å². The number of hydrogen-bond acceptors (Lipinski definition) is 5. The highest BCUT2D eigenvalue weighted by molar-refractivity contribution is 7.92. The predicted octanol–water partition coefficient (Wildman–Crippen LogP) is 4.53. The first-order chi connectivity index (χ1) is 18.1. The van der Waals surface area contributed by atoms with Crippen molar-refractivity contribution in [2.75, 3.05) is 29.3 Å². The zero-order valence-electron chi connectivity index (χ0n) is 21.0. The lowest BCUT2D eigenvalue weighted by atomic mass is 10.2. The first-order valence-electron chi connectivity index (χ1n) is 12.3. The van der Waals surface area contributed by atoms with Gasteiger partial charge in [-0.3, -0.25) is 9.10 Å². The van der Waals surface area contributed by atoms with Gasteiger partial charge in [-0.15, -0.1) is 0 Å². The van der Waals surface area contributed by atoms with Crippen LogP contribution in [-0.2, 0) is 24.8 Å². The van der Waals surface area contributed by atoms with Gasteiger partial charge in [-0.25, -0.2) is 21.2 Å². The van der Waals surface area contributed by atoms with E-state index in [0.29, 0.717) is 18.8 Å². The second kappa shape index (κ2) is 11.6. The van der Waals surface area contributed by atoms with Crippen molar-refractivity contribution in [1.29, 1.82) is 0 Å². The first-order valence-corrected chi connectivity index (χ1v) is 15.2. The van der Waals surface area contributed by atoms with Crippen LogP contribution in [0.2, 0.25) is 0 Å². The van der Waals surface area contributed by atoms with E-state index >= 15 is 0 Å². The van der Waals surface area contributed by atoms with Crippen LogP contribution in [0.15, 0.2) is 82.6 Å². The summed E-state index contributed by atoms with van der Waals surface area (Å²) in [5.41, 5.74) is 1.51. The summed E-state index contributed by atoms with van der Waals surface area (Å²) in [7, 11) is -7.83. The molecule has 1 N–H and O–H groups in total. The number of hydrogen-bond donors (Lipinski definition) is 1. The number of anilines is 2. The molecule has 0 saturated carbocycles. The molecule has 11 heteroatoms. The Hall–Kier alpha value is -3.28. The molecule has 0 unspecified atom stereocenters. The third-order valence-corrected chi connectivity index (χ3v) is 10.1. The van der Waals surface area contributed by atoms with Crippen molar-refractivity contribution in [3.05, 3.63) is 84.2 Å². The number of benzene rings is 3. The molecular weight excluding hydrogens is 529 g/mol. The molecule has 1 heterocycles. The summed E-state index contributed by atoms with van der Waals surface area (Å²) in [4.78, 5) is 12.9. The third kappa shape index (κ3) is 6.40. The van der Waals surface area contributed by atoms with Gasteiger partial charge in [0, 0.05) is 18.8 Å². The summed E-state index contributed by atoms with van der Waals surface area (Å²) in [6, 6.07) is 16.8. The number of nitrogens with one attached hydrogen (secondary N) is 1. The second-order valence-electron chi connectivity index (χ2n) is 9.19. The van der Waals surface area contributed by atoms with Crippen molar-refractivity contribution in [3.8, 4) is 0 Å². The molecular formula is C27H30FN3O5S2. The Morgan fingerprint density at radius 3 is 1.95 bits per heavy atom. The smallest absolute Gasteiger partial charge is 0.264 e. The molecule has 1 saturated heterocycles. The van der Waals surface area contributed by atoms with Crippen LogP contribution in [-0.4, -0.2) is 46.7 Å². The lowest BCUT2D eigenvalue weighted by Gasteiger charge is -2.24. The molecule has 0 spiro atoms. The van der Waals surface area contributed by atoms with Gasteiger partial charge < -0.3 is 5.32 Å². The summed E-state index contributed by atoms with van der Waals surface area (Å²) in [6.45, 7) is 2.28. The zero-order chi connectivity index (χ0) is 27.3. The summed E-state index contributed by atoms with van der Waals surface area (Å²) >= 11 is 0. The molecule has 3 aromatic carbocycles. The molecule has 0 aliphatic carbocycles. The van der Waals surface area contributed by atoms with E-state index in [1.807, 2.05) is 6.92 Å². The van der Waals surface area contributed by atoms with E-state index in [-0.39, 0.29) is 15.5 Å². The van der Waals surface area contributed by atoms with E-state index in [2.05, 4.69) is 5.32 Å². The highest BCUT2D eigenvalue weighted by Gasteiger charge is 2.28. The van der Waals surface area contributed by atoms with Crippen molar-refractivity contribution < 1.29 is 26.0 Å². The van der Waals surface area contributed by atoms with E-state index < -0.39 is 38.3 Å². The van der Waals surface area contributed by atoms with E-state index in [4.69, 9.17) is 0 Å². The second-order valence-corrected chi connectivity index (χ2v) is 13.0. The lowest BCUT2D eigenvalue weighted by Crippen LogP contribution is -2.38. The zero-order valence-corrected chi connectivity index (χ0v) is 22.6. The molecule has 38 heavy (non-hydrogen) atoms. The first kappa shape index (κ1) is 27.7. The van der Waals surface area contributed by atoms with Crippen LogP contribution in [0.1, 0.15) is 31.2 Å². The van der Waals surface area contributed by atoms with Crippen LogP contribution in [0.25, 0.3) is 0 Å². The summed E-state index contributed by atoms with van der Waals surface area (Å²) in [5.74, 6) is -1.20. The number of nitrogens with zero attached hydrogens (tertiary/aromatic N) is 2. The fourth-order valence-corrected chi connectivity index (χ4v) is 7.17. The number of aryl methyl sites for hydroxylation is 1. The molecule has 0 bridgehead atoms. The Morgan fingerprint density at radius 1 is 0.816 bits per heavy atom. The van der Waals surface area contributed by atoms with Gasteiger partial charge in [0.15, 0.2) is 0 Å². The summed E-state index contributed by atoms with van der Waals surface area (Å²) in [5, 5.41) is 2.64. The minimum absolute atomic E-state index is 0.137. The largest absolute Gasteiger partial charge is 0.325 e. The molecule has 1 fully saturated rings. The molecule has 202 valence electrons. The van der Waals surface area contributed by atoms with Gasteiger partial charge in [-0.05, 0) is 80.4 Å². The number of halogens is 1. The number of sulfonamides is 2. The Morgan fingerprint density at radius 2 is 1.37 bits per heavy atom. The standard InChI is InChI=1S/C27H30FN3O5S2/c1-21-6-12-24(13-7-21)31(38(35,36)26-14-8-22(28)9-15-26)20-27(32)29-23-10-16-25(17-11-23)37(33,34)30-18-4-2-3-5-19-30/h6-17H,2-5,18-20H2,1H3,(H,29,32). The Balaban J connectivity index is 1.53. The molecule has 8 nitrogen and oxygen atoms in total. The maximum absolute atomic E-state index is 13.4. The summed E-state index contributed by atoms with van der Waals surface area (Å²) in [6.07, 6.45) is 3.66. The fourth-order valence-electron chi connectivity index (χ4n) is 4.23. The molecule has 4 rings (SSSR count). The van der Waals surface area contributed by atoms with Crippen LogP contribution in [0.4, 0.5) is 15.8 Å². The third-order valence-electron chi connectivity index (χ3n) is 6.35. The average Bonchev–Trinajstić information content (AvgIpc) is 3.19. The van der Waals surface area contributed by atoms with Crippen molar-refractivity contribution in [2.24, 2.45) is 0 Å². The number of carbonyl (C=O) groups is 1. The minimum atomic E-state index is -4.19. The Labute approximate surface area is 223 Å². The van der Waals surface area contributed by atoms with Gasteiger partial charge in [0.25, 0.3) is 10.0 Å². The fraction of sp³-hybridized carbons (Fsp3) is 0.296. The quantitative estimate of drug-likeness (QED) is 0.437. The molecule has 0 aromatic heterocycles. The van der Waals surface area contributed by atoms with Crippen molar-refractivity contribution in [1.82, 2.24) is 4.31 Å². The van der Waals surface area contributed by atoms with E-state index in [1.54, 1.807) is 24.3 Å². The molecule has 0 radical (unpaired) electrons. The predicted molar refractivity (Wildman–Crippen MR) is 144 cm³/mol. The molecule has 3 aromatic rings. The van der Waals surface area contributed by atoms with Crippen LogP contribution in [0.5, 0.6) is 0 Å². The van der Waals surface area contributed by atoms with Crippen molar-refractivity contribution in [2.45, 2.75) is 42.4 Å². The molecule has 1 amide bonds. The molecule has 1 aliphatic heterocycles. The van der Waals surface area contributed by atoms with E-state index in [0.717, 1.165) is 59.8 Å². The van der Waals surface area contributed by atoms with Crippen molar-refractivity contribution >= 4 is 37.3 Å². The van der Waals surface area contributed by atoms with Crippen LogP contribution in [0, 0.1) is 12.7 Å². The maximum atomic E-state index is 13.4.